The molecule has 0 aromatic carbocycles. The van der Waals surface area contributed by atoms with Crippen molar-refractivity contribution < 1.29 is 18.3 Å². The van der Waals surface area contributed by atoms with E-state index < -0.39 is 18.8 Å². The first kappa shape index (κ1) is 9.05. The number of nitrogens with zero attached hydrogens (tertiary/aromatic N) is 2. The molecule has 1 unspecified atom stereocenters. The van der Waals surface area contributed by atoms with Gasteiger partial charge in [-0.05, 0) is 0 Å². The van der Waals surface area contributed by atoms with E-state index in [-0.39, 0.29) is 0 Å². The monoisotopic (exact) mass is 180 g/mol. The number of alkyl halides is 3. The average Bonchev–Trinajstić information content (AvgIpc) is 2.37. The van der Waals surface area contributed by atoms with Crippen molar-refractivity contribution in [3.05, 3.63) is 18.7 Å². The topological polar surface area (TPSA) is 38.0 Å². The molecule has 68 valence electrons. The first-order valence-corrected chi connectivity index (χ1v) is 3.20. The zero-order valence-electron chi connectivity index (χ0n) is 5.99. The smallest absolute Gasteiger partial charge is 0.382 e. The van der Waals surface area contributed by atoms with Gasteiger partial charge in [0.2, 0.25) is 0 Å². The Morgan fingerprint density at radius 3 is 2.58 bits per heavy atom. The number of aliphatic hydroxyl groups is 1. The molecule has 3 nitrogen and oxygen atoms in total. The number of imidazole rings is 1. The van der Waals surface area contributed by atoms with Gasteiger partial charge in [0, 0.05) is 12.4 Å². The second kappa shape index (κ2) is 3.14. The third-order valence-electron chi connectivity index (χ3n) is 1.32. The molecule has 1 heterocycles. The van der Waals surface area contributed by atoms with Crippen LogP contribution in [-0.4, -0.2) is 26.9 Å². The minimum Gasteiger partial charge on any atom is -0.382 e. The first-order valence-electron chi connectivity index (χ1n) is 3.20. The number of hydrogen-bond acceptors (Lipinski definition) is 2. The van der Waals surface area contributed by atoms with E-state index in [1.165, 1.54) is 18.7 Å². The predicted octanol–water partition coefficient (Wildman–Crippen LogP) is 0.806. The highest BCUT2D eigenvalue weighted by molar-refractivity contribution is 4.77. The lowest BCUT2D eigenvalue weighted by Crippen LogP contribution is -2.32. The fraction of sp³-hybridized carbons (Fsp3) is 0.500. The van der Waals surface area contributed by atoms with Gasteiger partial charge in [0.25, 0.3) is 0 Å². The van der Waals surface area contributed by atoms with Gasteiger partial charge in [0.1, 0.15) is 0 Å². The predicted molar refractivity (Wildman–Crippen MR) is 34.3 cm³/mol. The molecule has 1 N–H and O–H groups in total. The van der Waals surface area contributed by atoms with Crippen LogP contribution in [0.3, 0.4) is 0 Å². The summed E-state index contributed by atoms with van der Waals surface area (Å²) in [5.74, 6) is 0. The maximum absolute atomic E-state index is 11.8. The van der Waals surface area contributed by atoms with Gasteiger partial charge in [-0.15, -0.1) is 0 Å². The largest absolute Gasteiger partial charge is 0.416 e. The van der Waals surface area contributed by atoms with Crippen LogP contribution in [0.2, 0.25) is 0 Å². The quantitative estimate of drug-likeness (QED) is 0.731. The highest BCUT2D eigenvalue weighted by Gasteiger charge is 2.38. The van der Waals surface area contributed by atoms with Crippen LogP contribution in [0.1, 0.15) is 0 Å². The molecule has 6 heteroatoms. The summed E-state index contributed by atoms with van der Waals surface area (Å²) in [6.07, 6.45) is -2.97. The van der Waals surface area contributed by atoms with E-state index in [4.69, 9.17) is 5.11 Å². The van der Waals surface area contributed by atoms with Crippen molar-refractivity contribution in [2.75, 3.05) is 0 Å². The molecule has 1 rings (SSSR count). The Morgan fingerprint density at radius 1 is 1.50 bits per heavy atom. The van der Waals surface area contributed by atoms with E-state index in [2.05, 4.69) is 4.98 Å². The van der Waals surface area contributed by atoms with Crippen LogP contribution in [0, 0.1) is 0 Å². The summed E-state index contributed by atoms with van der Waals surface area (Å²) in [5.41, 5.74) is 0. The summed E-state index contributed by atoms with van der Waals surface area (Å²) in [6, 6.07) is 0. The van der Waals surface area contributed by atoms with Gasteiger partial charge in [-0.1, -0.05) is 0 Å². The van der Waals surface area contributed by atoms with Crippen molar-refractivity contribution in [2.24, 2.45) is 0 Å². The SMILES string of the molecule is OC(Cn1ccnc1)C(F)(F)F. The fourth-order valence-electron chi connectivity index (χ4n) is 0.698. The molecule has 1 aromatic heterocycles. The number of aromatic nitrogens is 2. The Balaban J connectivity index is 2.53. The molecule has 0 fully saturated rings. The molecule has 1 atom stereocenters. The molecule has 0 radical (unpaired) electrons. The lowest BCUT2D eigenvalue weighted by atomic mass is 10.3. The lowest BCUT2D eigenvalue weighted by Gasteiger charge is -2.14. The lowest BCUT2D eigenvalue weighted by molar-refractivity contribution is -0.207. The van der Waals surface area contributed by atoms with Gasteiger partial charge in [0.05, 0.1) is 12.9 Å². The molecule has 0 aliphatic heterocycles. The third-order valence-corrected chi connectivity index (χ3v) is 1.32. The number of halogens is 3. The van der Waals surface area contributed by atoms with E-state index in [1.54, 1.807) is 0 Å². The zero-order valence-corrected chi connectivity index (χ0v) is 5.99. The van der Waals surface area contributed by atoms with Crippen LogP contribution in [0.5, 0.6) is 0 Å². The Labute approximate surface area is 66.5 Å². The van der Waals surface area contributed by atoms with E-state index in [0.717, 1.165) is 4.57 Å². The van der Waals surface area contributed by atoms with Crippen molar-refractivity contribution in [3.8, 4) is 0 Å². The Bertz CT molecular complexity index is 231. The fourth-order valence-corrected chi connectivity index (χ4v) is 0.698. The van der Waals surface area contributed by atoms with Crippen LogP contribution < -0.4 is 0 Å². The minimum absolute atomic E-state index is 0.510. The summed E-state index contributed by atoms with van der Waals surface area (Å²) >= 11 is 0. The summed E-state index contributed by atoms with van der Waals surface area (Å²) in [4.78, 5) is 3.54. The highest BCUT2D eigenvalue weighted by atomic mass is 19.4. The van der Waals surface area contributed by atoms with Gasteiger partial charge in [-0.2, -0.15) is 13.2 Å². The zero-order chi connectivity index (χ0) is 9.19. The summed E-state index contributed by atoms with van der Waals surface area (Å²) in [7, 11) is 0. The molecule has 0 aliphatic rings. The number of aliphatic hydroxyl groups excluding tert-OH is 1. The Hall–Kier alpha value is -1.04. The van der Waals surface area contributed by atoms with E-state index in [0.29, 0.717) is 0 Å². The summed E-state index contributed by atoms with van der Waals surface area (Å²) in [6.45, 7) is -0.510. The van der Waals surface area contributed by atoms with Crippen LogP contribution in [0.15, 0.2) is 18.7 Å². The normalized spacial score (nSPS) is 14.7. The van der Waals surface area contributed by atoms with Crippen molar-refractivity contribution in [3.63, 3.8) is 0 Å². The van der Waals surface area contributed by atoms with Crippen molar-refractivity contribution in [1.82, 2.24) is 9.55 Å². The maximum Gasteiger partial charge on any atom is 0.416 e. The molecule has 0 saturated carbocycles. The van der Waals surface area contributed by atoms with Crippen molar-refractivity contribution in [1.29, 1.82) is 0 Å². The Kier molecular flexibility index (Phi) is 2.37. The molecule has 0 aliphatic carbocycles. The van der Waals surface area contributed by atoms with Crippen LogP contribution >= 0.6 is 0 Å². The van der Waals surface area contributed by atoms with Crippen LogP contribution in [-0.2, 0) is 6.54 Å². The van der Waals surface area contributed by atoms with Gasteiger partial charge in [0.15, 0.2) is 6.10 Å². The summed E-state index contributed by atoms with van der Waals surface area (Å²) < 4.78 is 36.4. The molecule has 0 bridgehead atoms. The third kappa shape index (κ3) is 2.23. The van der Waals surface area contributed by atoms with Crippen LogP contribution in [0.4, 0.5) is 13.2 Å². The number of rotatable bonds is 2. The minimum atomic E-state index is -4.57. The van der Waals surface area contributed by atoms with E-state index in [9.17, 15) is 13.2 Å². The van der Waals surface area contributed by atoms with Gasteiger partial charge < -0.3 is 9.67 Å². The average molecular weight is 180 g/mol. The molecule has 0 spiro atoms. The maximum atomic E-state index is 11.8. The highest BCUT2D eigenvalue weighted by Crippen LogP contribution is 2.20. The Morgan fingerprint density at radius 2 is 2.17 bits per heavy atom. The number of hydrogen-bond donors (Lipinski definition) is 1. The van der Waals surface area contributed by atoms with Gasteiger partial charge >= 0.3 is 6.18 Å². The second-order valence-electron chi connectivity index (χ2n) is 2.32. The molecular formula is C6H7F3N2O. The van der Waals surface area contributed by atoms with E-state index in [1.807, 2.05) is 0 Å². The molecule has 0 saturated heterocycles. The molecule has 0 amide bonds. The summed E-state index contributed by atoms with van der Waals surface area (Å²) in [5, 5.41) is 8.58. The van der Waals surface area contributed by atoms with E-state index >= 15 is 0 Å². The van der Waals surface area contributed by atoms with Gasteiger partial charge in [-0.25, -0.2) is 4.98 Å². The van der Waals surface area contributed by atoms with Gasteiger partial charge in [-0.3, -0.25) is 0 Å². The first-order chi connectivity index (χ1) is 5.50. The molecular weight excluding hydrogens is 173 g/mol. The molecule has 1 aromatic rings. The standard InChI is InChI=1S/C6H7F3N2O/c7-6(8,9)5(12)3-11-2-1-10-4-11/h1-2,4-5,12H,3H2. The second-order valence-corrected chi connectivity index (χ2v) is 2.32. The van der Waals surface area contributed by atoms with Crippen LogP contribution in [0.25, 0.3) is 0 Å². The van der Waals surface area contributed by atoms with Crippen molar-refractivity contribution in [2.45, 2.75) is 18.8 Å². The van der Waals surface area contributed by atoms with Crippen molar-refractivity contribution >= 4 is 0 Å². The molecule has 12 heavy (non-hydrogen) atoms.